The highest BCUT2D eigenvalue weighted by molar-refractivity contribution is 8.00. The number of carbonyl (C=O) groups is 1. The number of halogens is 1. The highest BCUT2D eigenvalue weighted by atomic mass is 32.2. The summed E-state index contributed by atoms with van der Waals surface area (Å²) in [6.45, 7) is 4.32. The van der Waals surface area contributed by atoms with Gasteiger partial charge in [0.2, 0.25) is 5.91 Å². The number of benzene rings is 1. The summed E-state index contributed by atoms with van der Waals surface area (Å²) in [5.74, 6) is 0.261. The second kappa shape index (κ2) is 9.38. The zero-order valence-corrected chi connectivity index (χ0v) is 17.0. The molecule has 1 heterocycles. The minimum atomic E-state index is -0.432. The number of ether oxygens (including phenoxy) is 2. The first kappa shape index (κ1) is 20.6. The molecule has 0 saturated heterocycles. The number of hydrogen-bond donors (Lipinski definition) is 1. The van der Waals surface area contributed by atoms with Crippen LogP contribution in [-0.4, -0.2) is 45.7 Å². The van der Waals surface area contributed by atoms with Crippen molar-refractivity contribution in [1.29, 1.82) is 0 Å². The average molecular weight is 408 g/mol. The molecule has 9 heteroatoms. The lowest BCUT2D eigenvalue weighted by Gasteiger charge is -2.19. The summed E-state index contributed by atoms with van der Waals surface area (Å²) in [5.41, 5.74) is 0. The Labute approximate surface area is 168 Å². The molecule has 1 fully saturated rings. The Hall–Kier alpha value is -2.13. The van der Waals surface area contributed by atoms with Gasteiger partial charge in [0, 0.05) is 13.2 Å². The van der Waals surface area contributed by atoms with Gasteiger partial charge in [0.1, 0.15) is 6.61 Å². The predicted octanol–water partition coefficient (Wildman–Crippen LogP) is 2.96. The van der Waals surface area contributed by atoms with Gasteiger partial charge in [-0.3, -0.25) is 9.36 Å². The van der Waals surface area contributed by atoms with Crippen molar-refractivity contribution in [3.63, 3.8) is 0 Å². The smallest absolute Gasteiger partial charge is 0.233 e. The summed E-state index contributed by atoms with van der Waals surface area (Å²) in [6, 6.07) is 6.46. The Kier molecular flexibility index (Phi) is 6.90. The number of amides is 1. The van der Waals surface area contributed by atoms with Crippen molar-refractivity contribution in [2.75, 3.05) is 13.7 Å². The molecule has 0 bridgehead atoms. The van der Waals surface area contributed by atoms with E-state index in [0.29, 0.717) is 23.6 Å². The topological polar surface area (TPSA) is 78.3 Å². The van der Waals surface area contributed by atoms with Crippen LogP contribution < -0.4 is 10.1 Å². The van der Waals surface area contributed by atoms with Crippen LogP contribution >= 0.6 is 11.8 Å². The molecular weight excluding hydrogens is 383 g/mol. The first-order valence-corrected chi connectivity index (χ1v) is 10.1. The summed E-state index contributed by atoms with van der Waals surface area (Å²) in [6.07, 6.45) is 2.09. The number of rotatable bonds is 10. The predicted molar refractivity (Wildman–Crippen MR) is 104 cm³/mol. The van der Waals surface area contributed by atoms with Crippen molar-refractivity contribution >= 4 is 17.7 Å². The van der Waals surface area contributed by atoms with E-state index in [0.717, 1.165) is 12.8 Å². The van der Waals surface area contributed by atoms with Crippen molar-refractivity contribution in [2.24, 2.45) is 0 Å². The second-order valence-electron chi connectivity index (χ2n) is 6.84. The fourth-order valence-corrected chi connectivity index (χ4v) is 3.68. The molecule has 1 aliphatic carbocycles. The Bertz CT molecular complexity index is 812. The Morgan fingerprint density at radius 1 is 1.36 bits per heavy atom. The van der Waals surface area contributed by atoms with Crippen LogP contribution in [0.1, 0.15) is 38.6 Å². The molecule has 152 valence electrons. The van der Waals surface area contributed by atoms with E-state index in [4.69, 9.17) is 9.47 Å². The number of nitrogens with one attached hydrogen (secondary N) is 1. The quantitative estimate of drug-likeness (QED) is 0.609. The molecule has 0 aliphatic heterocycles. The van der Waals surface area contributed by atoms with Gasteiger partial charge in [-0.25, -0.2) is 4.39 Å². The zero-order valence-electron chi connectivity index (χ0n) is 16.2. The van der Waals surface area contributed by atoms with Crippen LogP contribution in [0.15, 0.2) is 29.4 Å². The summed E-state index contributed by atoms with van der Waals surface area (Å²) in [5, 5.41) is 11.7. The highest BCUT2D eigenvalue weighted by Gasteiger charge is 2.28. The molecule has 7 nitrogen and oxygen atoms in total. The minimum absolute atomic E-state index is 0.00870. The van der Waals surface area contributed by atoms with Crippen molar-refractivity contribution in [3.8, 4) is 5.75 Å². The van der Waals surface area contributed by atoms with Crippen LogP contribution in [-0.2, 0) is 16.1 Å². The molecule has 2 atom stereocenters. The maximum atomic E-state index is 13.8. The first-order chi connectivity index (χ1) is 13.5. The van der Waals surface area contributed by atoms with E-state index >= 15 is 0 Å². The number of para-hydroxylation sites is 1. The van der Waals surface area contributed by atoms with Crippen LogP contribution in [0.2, 0.25) is 0 Å². The Morgan fingerprint density at radius 2 is 2.11 bits per heavy atom. The van der Waals surface area contributed by atoms with Crippen molar-refractivity contribution in [1.82, 2.24) is 20.1 Å². The standard InChI is InChI=1S/C19H25FN4O3S/c1-12(10-26-3)24-17(11-27-16-7-5-4-6-15(16)20)22-23-19(24)28-13(2)18(25)21-14-8-9-14/h4-7,12-14H,8-11H2,1-3H3,(H,21,25)/t12-,13+/m1/s1. The molecule has 1 aromatic heterocycles. The Balaban J connectivity index is 1.74. The van der Waals surface area contributed by atoms with Gasteiger partial charge in [-0.2, -0.15) is 0 Å². The van der Waals surface area contributed by atoms with Crippen LogP contribution in [0.3, 0.4) is 0 Å². The number of methoxy groups -OCH3 is 1. The van der Waals surface area contributed by atoms with Gasteiger partial charge in [0.25, 0.3) is 0 Å². The van der Waals surface area contributed by atoms with E-state index in [1.807, 2.05) is 18.4 Å². The molecular formula is C19H25FN4O3S. The van der Waals surface area contributed by atoms with E-state index < -0.39 is 5.82 Å². The summed E-state index contributed by atoms with van der Waals surface area (Å²) < 4.78 is 26.6. The normalized spacial score (nSPS) is 15.9. The minimum Gasteiger partial charge on any atom is -0.483 e. The largest absolute Gasteiger partial charge is 0.483 e. The Morgan fingerprint density at radius 3 is 2.79 bits per heavy atom. The van der Waals surface area contributed by atoms with E-state index in [2.05, 4.69) is 15.5 Å². The van der Waals surface area contributed by atoms with Gasteiger partial charge in [0.15, 0.2) is 22.5 Å². The second-order valence-corrected chi connectivity index (χ2v) is 8.14. The number of aromatic nitrogens is 3. The third kappa shape index (κ3) is 5.23. The number of hydrogen-bond acceptors (Lipinski definition) is 6. The molecule has 28 heavy (non-hydrogen) atoms. The van der Waals surface area contributed by atoms with Crippen LogP contribution in [0, 0.1) is 5.82 Å². The average Bonchev–Trinajstić information content (AvgIpc) is 3.39. The lowest BCUT2D eigenvalue weighted by molar-refractivity contribution is -0.120. The first-order valence-electron chi connectivity index (χ1n) is 9.26. The van der Waals surface area contributed by atoms with Crippen molar-refractivity contribution in [2.45, 2.75) is 55.8 Å². The SMILES string of the molecule is COC[C@@H](C)n1c(COc2ccccc2F)nnc1S[C@@H](C)C(=O)NC1CC1. The molecule has 1 N–H and O–H groups in total. The lowest BCUT2D eigenvalue weighted by Crippen LogP contribution is -2.32. The van der Waals surface area contributed by atoms with Gasteiger partial charge >= 0.3 is 0 Å². The van der Waals surface area contributed by atoms with E-state index in [1.165, 1.54) is 17.8 Å². The maximum Gasteiger partial charge on any atom is 0.233 e. The molecule has 0 radical (unpaired) electrons. The molecule has 1 aliphatic rings. The number of nitrogens with zero attached hydrogens (tertiary/aromatic N) is 3. The number of carbonyl (C=O) groups excluding carboxylic acids is 1. The van der Waals surface area contributed by atoms with E-state index in [1.54, 1.807) is 25.3 Å². The molecule has 1 amide bonds. The number of thioether (sulfide) groups is 1. The monoisotopic (exact) mass is 408 g/mol. The van der Waals surface area contributed by atoms with Crippen LogP contribution in [0.25, 0.3) is 0 Å². The molecule has 0 unspecified atom stereocenters. The molecule has 1 aromatic carbocycles. The fourth-order valence-electron chi connectivity index (χ4n) is 2.71. The molecule has 2 aromatic rings. The zero-order chi connectivity index (χ0) is 20.1. The van der Waals surface area contributed by atoms with E-state index in [9.17, 15) is 9.18 Å². The molecule has 1 saturated carbocycles. The third-order valence-electron chi connectivity index (χ3n) is 4.35. The molecule has 0 spiro atoms. The van der Waals surface area contributed by atoms with E-state index in [-0.39, 0.29) is 29.6 Å². The summed E-state index contributed by atoms with van der Waals surface area (Å²) in [7, 11) is 1.62. The van der Waals surface area contributed by atoms with Gasteiger partial charge < -0.3 is 14.8 Å². The summed E-state index contributed by atoms with van der Waals surface area (Å²) >= 11 is 1.34. The highest BCUT2D eigenvalue weighted by Crippen LogP contribution is 2.28. The van der Waals surface area contributed by atoms with Crippen LogP contribution in [0.5, 0.6) is 5.75 Å². The van der Waals surface area contributed by atoms with Crippen molar-refractivity contribution in [3.05, 3.63) is 35.9 Å². The van der Waals surface area contributed by atoms with Gasteiger partial charge in [0.05, 0.1) is 17.9 Å². The lowest BCUT2D eigenvalue weighted by atomic mass is 10.3. The summed E-state index contributed by atoms with van der Waals surface area (Å²) in [4.78, 5) is 12.3. The molecule has 3 rings (SSSR count). The van der Waals surface area contributed by atoms with Crippen LogP contribution in [0.4, 0.5) is 4.39 Å². The van der Waals surface area contributed by atoms with Crippen molar-refractivity contribution < 1.29 is 18.7 Å². The fraction of sp³-hybridized carbons (Fsp3) is 0.526. The van der Waals surface area contributed by atoms with Gasteiger partial charge in [-0.05, 0) is 38.8 Å². The van der Waals surface area contributed by atoms with Gasteiger partial charge in [-0.15, -0.1) is 10.2 Å². The van der Waals surface area contributed by atoms with Gasteiger partial charge in [-0.1, -0.05) is 23.9 Å². The third-order valence-corrected chi connectivity index (χ3v) is 5.41. The maximum absolute atomic E-state index is 13.8.